The number of rotatable bonds is 4. The molecule has 142 valence electrons. The minimum absolute atomic E-state index is 0.000671. The Labute approximate surface area is 162 Å². The topological polar surface area (TPSA) is 81.0 Å². The zero-order valence-electron chi connectivity index (χ0n) is 15.7. The highest BCUT2D eigenvalue weighted by Gasteiger charge is 2.27. The van der Waals surface area contributed by atoms with Crippen LogP contribution >= 0.6 is 0 Å². The number of ketones is 1. The molecule has 1 saturated heterocycles. The minimum Gasteiger partial charge on any atom is -0.342 e. The number of carbonyl (C=O) groups excluding carboxylic acids is 1. The van der Waals surface area contributed by atoms with Gasteiger partial charge in [-0.2, -0.15) is 0 Å². The molecule has 7 heteroatoms. The maximum Gasteiger partial charge on any atom is 0.255 e. The van der Waals surface area contributed by atoms with E-state index in [1.54, 1.807) is 23.9 Å². The van der Waals surface area contributed by atoms with Crippen molar-refractivity contribution in [3.8, 4) is 11.4 Å². The zero-order chi connectivity index (χ0) is 19.5. The second kappa shape index (κ2) is 7.72. The summed E-state index contributed by atoms with van der Waals surface area (Å²) in [6.45, 7) is 1.35. The van der Waals surface area contributed by atoms with Crippen LogP contribution in [0.4, 0.5) is 5.95 Å². The fourth-order valence-corrected chi connectivity index (χ4v) is 3.56. The summed E-state index contributed by atoms with van der Waals surface area (Å²) in [4.78, 5) is 40.0. The van der Waals surface area contributed by atoms with E-state index >= 15 is 0 Å². The van der Waals surface area contributed by atoms with E-state index in [4.69, 9.17) is 0 Å². The molecule has 1 aliphatic heterocycles. The third-order valence-electron chi connectivity index (χ3n) is 5.16. The molecule has 1 aromatic carbocycles. The van der Waals surface area contributed by atoms with Crippen molar-refractivity contribution in [1.82, 2.24) is 19.5 Å². The van der Waals surface area contributed by atoms with Gasteiger partial charge in [-0.1, -0.05) is 30.3 Å². The van der Waals surface area contributed by atoms with Gasteiger partial charge in [0.25, 0.3) is 5.56 Å². The number of Topliss-reactive ketones (excluding diaryl/α,β-unsaturated/α-hetero) is 1. The monoisotopic (exact) mass is 375 g/mol. The third kappa shape index (κ3) is 3.55. The lowest BCUT2D eigenvalue weighted by Crippen LogP contribution is -2.39. The van der Waals surface area contributed by atoms with Crippen molar-refractivity contribution in [2.75, 3.05) is 18.0 Å². The fraction of sp³-hybridized carbons (Fsp3) is 0.286. The van der Waals surface area contributed by atoms with Gasteiger partial charge in [0.1, 0.15) is 6.33 Å². The molecule has 0 N–H and O–H groups in total. The van der Waals surface area contributed by atoms with E-state index in [-0.39, 0.29) is 17.3 Å². The van der Waals surface area contributed by atoms with E-state index in [1.165, 1.54) is 12.4 Å². The van der Waals surface area contributed by atoms with Crippen LogP contribution in [0.5, 0.6) is 0 Å². The molecule has 1 aliphatic rings. The molecular formula is C21H21N5O2. The number of nitrogens with zero attached hydrogens (tertiary/aromatic N) is 5. The van der Waals surface area contributed by atoms with E-state index in [9.17, 15) is 9.59 Å². The number of carbonyl (C=O) groups is 1. The Hall–Kier alpha value is -3.35. The first-order chi connectivity index (χ1) is 13.6. The molecule has 0 atom stereocenters. The Bertz CT molecular complexity index is 1030. The summed E-state index contributed by atoms with van der Waals surface area (Å²) in [5.74, 6) is 0.796. The third-order valence-corrected chi connectivity index (χ3v) is 5.16. The summed E-state index contributed by atoms with van der Waals surface area (Å²) >= 11 is 0. The average molecular weight is 375 g/mol. The van der Waals surface area contributed by atoms with E-state index < -0.39 is 0 Å². The van der Waals surface area contributed by atoms with Gasteiger partial charge in [-0.05, 0) is 18.9 Å². The van der Waals surface area contributed by atoms with Gasteiger partial charge in [0.15, 0.2) is 5.78 Å². The maximum absolute atomic E-state index is 12.7. The van der Waals surface area contributed by atoms with Gasteiger partial charge in [0.2, 0.25) is 5.95 Å². The van der Waals surface area contributed by atoms with Crippen LogP contribution in [-0.2, 0) is 7.05 Å². The van der Waals surface area contributed by atoms with Crippen molar-refractivity contribution in [2.45, 2.75) is 12.8 Å². The molecule has 2 aromatic heterocycles. The van der Waals surface area contributed by atoms with Crippen LogP contribution in [0.25, 0.3) is 11.4 Å². The SMILES string of the molecule is Cn1c(N2CCC(C(=O)c3ccccc3)CC2)nc(-c2ccncn2)cc1=O. The molecular weight excluding hydrogens is 354 g/mol. The smallest absolute Gasteiger partial charge is 0.255 e. The summed E-state index contributed by atoms with van der Waals surface area (Å²) in [6.07, 6.45) is 4.54. The lowest BCUT2D eigenvalue weighted by molar-refractivity contribution is 0.0900. The van der Waals surface area contributed by atoms with Crippen LogP contribution in [0.1, 0.15) is 23.2 Å². The Morgan fingerprint density at radius 1 is 1.07 bits per heavy atom. The highest BCUT2D eigenvalue weighted by molar-refractivity contribution is 5.97. The lowest BCUT2D eigenvalue weighted by atomic mass is 9.89. The van der Waals surface area contributed by atoms with Crippen molar-refractivity contribution < 1.29 is 4.79 Å². The molecule has 0 radical (unpaired) electrons. The van der Waals surface area contributed by atoms with Crippen LogP contribution in [0.15, 0.2) is 59.8 Å². The molecule has 0 bridgehead atoms. The minimum atomic E-state index is -0.138. The Kier molecular flexibility index (Phi) is 4.97. The standard InChI is InChI=1S/C21H21N5O2/c1-25-19(27)13-18(17-7-10-22-14-23-17)24-21(25)26-11-8-16(9-12-26)20(28)15-5-3-2-4-6-15/h2-7,10,13-14,16H,8-9,11-12H2,1H3. The zero-order valence-corrected chi connectivity index (χ0v) is 15.7. The van der Waals surface area contributed by atoms with Crippen molar-refractivity contribution in [3.63, 3.8) is 0 Å². The number of hydrogen-bond donors (Lipinski definition) is 0. The van der Waals surface area contributed by atoms with E-state index in [0.717, 1.165) is 18.4 Å². The first kappa shape index (κ1) is 18.0. The Morgan fingerprint density at radius 3 is 2.50 bits per heavy atom. The first-order valence-corrected chi connectivity index (χ1v) is 9.32. The van der Waals surface area contributed by atoms with Crippen LogP contribution < -0.4 is 10.5 Å². The molecule has 0 saturated carbocycles. The molecule has 0 unspecified atom stereocenters. The number of benzene rings is 1. The molecule has 0 amide bonds. The van der Waals surface area contributed by atoms with Crippen molar-refractivity contribution >= 4 is 11.7 Å². The fourth-order valence-electron chi connectivity index (χ4n) is 3.56. The van der Waals surface area contributed by atoms with Crippen LogP contribution in [0.3, 0.4) is 0 Å². The summed E-state index contributed by atoms with van der Waals surface area (Å²) < 4.78 is 1.55. The van der Waals surface area contributed by atoms with E-state index in [2.05, 4.69) is 19.9 Å². The number of anilines is 1. The number of hydrogen-bond acceptors (Lipinski definition) is 6. The van der Waals surface area contributed by atoms with Crippen LogP contribution in [0, 0.1) is 5.92 Å². The first-order valence-electron chi connectivity index (χ1n) is 9.32. The normalized spacial score (nSPS) is 14.8. The lowest BCUT2D eigenvalue weighted by Gasteiger charge is -2.33. The number of aromatic nitrogens is 4. The maximum atomic E-state index is 12.7. The number of piperidine rings is 1. The highest BCUT2D eigenvalue weighted by Crippen LogP contribution is 2.25. The predicted octanol–water partition coefficient (Wildman–Crippen LogP) is 2.34. The quantitative estimate of drug-likeness (QED) is 0.651. The second-order valence-electron chi connectivity index (χ2n) is 6.92. The summed E-state index contributed by atoms with van der Waals surface area (Å²) in [5.41, 5.74) is 1.77. The molecule has 0 aliphatic carbocycles. The Morgan fingerprint density at radius 2 is 1.82 bits per heavy atom. The molecule has 28 heavy (non-hydrogen) atoms. The summed E-state index contributed by atoms with van der Waals surface area (Å²) in [5, 5.41) is 0. The van der Waals surface area contributed by atoms with Crippen molar-refractivity contribution in [1.29, 1.82) is 0 Å². The highest BCUT2D eigenvalue weighted by atomic mass is 16.1. The van der Waals surface area contributed by atoms with Gasteiger partial charge >= 0.3 is 0 Å². The molecule has 1 fully saturated rings. The van der Waals surface area contributed by atoms with Gasteiger partial charge < -0.3 is 4.90 Å². The van der Waals surface area contributed by atoms with Gasteiger partial charge in [0, 0.05) is 43.9 Å². The van der Waals surface area contributed by atoms with Crippen molar-refractivity contribution in [3.05, 3.63) is 70.9 Å². The van der Waals surface area contributed by atoms with Gasteiger partial charge in [-0.3, -0.25) is 14.2 Å². The van der Waals surface area contributed by atoms with Crippen LogP contribution in [-0.4, -0.2) is 38.4 Å². The van der Waals surface area contributed by atoms with Crippen LogP contribution in [0.2, 0.25) is 0 Å². The van der Waals surface area contributed by atoms with Gasteiger partial charge in [0.05, 0.1) is 11.4 Å². The molecule has 3 aromatic rings. The predicted molar refractivity (Wildman–Crippen MR) is 106 cm³/mol. The molecule has 4 rings (SSSR count). The summed E-state index contributed by atoms with van der Waals surface area (Å²) in [7, 11) is 1.72. The molecule has 0 spiro atoms. The van der Waals surface area contributed by atoms with Gasteiger partial charge in [-0.25, -0.2) is 15.0 Å². The Balaban J connectivity index is 1.54. The summed E-state index contributed by atoms with van der Waals surface area (Å²) in [6, 6.07) is 12.6. The van der Waals surface area contributed by atoms with Gasteiger partial charge in [-0.15, -0.1) is 0 Å². The average Bonchev–Trinajstić information content (AvgIpc) is 2.76. The van der Waals surface area contributed by atoms with E-state index in [1.807, 2.05) is 30.3 Å². The van der Waals surface area contributed by atoms with Crippen molar-refractivity contribution in [2.24, 2.45) is 13.0 Å². The van der Waals surface area contributed by atoms with E-state index in [0.29, 0.717) is 30.4 Å². The largest absolute Gasteiger partial charge is 0.342 e. The second-order valence-corrected chi connectivity index (χ2v) is 6.92. The molecule has 3 heterocycles. The molecule has 7 nitrogen and oxygen atoms in total.